The van der Waals surface area contributed by atoms with Crippen molar-refractivity contribution in [2.75, 3.05) is 6.54 Å². The lowest BCUT2D eigenvalue weighted by molar-refractivity contribution is 0.412. The second-order valence-corrected chi connectivity index (χ2v) is 11.5. The number of likely N-dealkylation sites (tertiary alicyclic amines) is 1. The van der Waals surface area contributed by atoms with Gasteiger partial charge in [0.1, 0.15) is 17.3 Å². The zero-order chi connectivity index (χ0) is 15.6. The Morgan fingerprint density at radius 3 is 2.62 bits per heavy atom. The van der Waals surface area contributed by atoms with Gasteiger partial charge in [-0.2, -0.15) is 0 Å². The van der Waals surface area contributed by atoms with E-state index in [0.717, 1.165) is 23.8 Å². The summed E-state index contributed by atoms with van der Waals surface area (Å²) >= 11 is 0. The lowest BCUT2D eigenvalue weighted by atomic mass is 10.2. The summed E-state index contributed by atoms with van der Waals surface area (Å²) < 4.78 is 6.22. The smallest absolute Gasteiger partial charge is 0.242 e. The molecule has 1 aliphatic rings. The quantitative estimate of drug-likeness (QED) is 0.457. The van der Waals surface area contributed by atoms with Gasteiger partial charge >= 0.3 is 0 Å². The molecule has 1 atom stereocenters. The Balaban J connectivity index is 2.30. The van der Waals surface area contributed by atoms with Gasteiger partial charge < -0.3 is 9.33 Å². The number of rotatable bonds is 3. The fourth-order valence-electron chi connectivity index (χ4n) is 2.78. The number of hydrogen-bond donors (Lipinski definition) is 0. The molecule has 1 aliphatic heterocycles. The molecule has 3 nitrogen and oxygen atoms in total. The number of aryl methyl sites for hydroxylation is 1. The molecule has 0 aliphatic carbocycles. The van der Waals surface area contributed by atoms with Gasteiger partial charge in [0.2, 0.25) is 8.32 Å². The summed E-state index contributed by atoms with van der Waals surface area (Å²) in [6, 6.07) is 6.89. The van der Waals surface area contributed by atoms with Crippen LogP contribution >= 0.6 is 0 Å². The van der Waals surface area contributed by atoms with Gasteiger partial charge in [0, 0.05) is 12.6 Å². The fourth-order valence-corrected chi connectivity index (χ4v) is 3.60. The third-order valence-corrected chi connectivity index (χ3v) is 4.61. The number of nitrogens with zero attached hydrogens (tertiary/aromatic N) is 2. The Hall–Kier alpha value is -1.29. The highest BCUT2D eigenvalue weighted by Crippen LogP contribution is 2.31. The third-order valence-electron chi connectivity index (χ3n) is 3.78. The zero-order valence-corrected chi connectivity index (χ0v) is 15.2. The Bertz CT molecular complexity index is 534. The van der Waals surface area contributed by atoms with Crippen molar-refractivity contribution in [2.24, 2.45) is 4.99 Å². The SMILES string of the molecule is CC(=Nc1ccc(C)cc1O[Si](C)(C)C)N1CCCC1C. The van der Waals surface area contributed by atoms with Gasteiger partial charge in [-0.3, -0.25) is 0 Å². The number of hydrogen-bond acceptors (Lipinski definition) is 2. The second kappa shape index (κ2) is 6.22. The maximum Gasteiger partial charge on any atom is 0.242 e. The molecule has 4 heteroatoms. The maximum absolute atomic E-state index is 6.22. The lowest BCUT2D eigenvalue weighted by Gasteiger charge is -2.24. The van der Waals surface area contributed by atoms with E-state index in [9.17, 15) is 0 Å². The van der Waals surface area contributed by atoms with Crippen LogP contribution in [0.4, 0.5) is 5.69 Å². The van der Waals surface area contributed by atoms with Crippen molar-refractivity contribution in [2.45, 2.75) is 59.3 Å². The summed E-state index contributed by atoms with van der Waals surface area (Å²) in [6.45, 7) is 14.2. The van der Waals surface area contributed by atoms with Crippen LogP contribution in [-0.2, 0) is 0 Å². The highest BCUT2D eigenvalue weighted by molar-refractivity contribution is 6.70. The standard InChI is InChI=1S/C17H28N2OSi/c1-13-9-10-16(17(12-13)20-21(4,5)6)18-15(3)19-11-7-8-14(19)2/h9-10,12,14H,7-8,11H2,1-6H3. The number of amidine groups is 1. The molecule has 0 aromatic heterocycles. The van der Waals surface area contributed by atoms with Gasteiger partial charge in [-0.25, -0.2) is 4.99 Å². The van der Waals surface area contributed by atoms with Crippen LogP contribution in [0.15, 0.2) is 23.2 Å². The average molecular weight is 305 g/mol. The molecule has 2 rings (SSSR count). The van der Waals surface area contributed by atoms with Gasteiger partial charge in [0.15, 0.2) is 0 Å². The van der Waals surface area contributed by atoms with E-state index >= 15 is 0 Å². The number of aliphatic imine (C=N–C) groups is 1. The summed E-state index contributed by atoms with van der Waals surface area (Å²) in [4.78, 5) is 7.26. The molecule has 0 amide bonds. The number of benzene rings is 1. The van der Waals surface area contributed by atoms with Gasteiger partial charge in [0.25, 0.3) is 0 Å². The molecular formula is C17H28N2OSi. The molecule has 1 aromatic rings. The Morgan fingerprint density at radius 1 is 1.33 bits per heavy atom. The first-order chi connectivity index (χ1) is 9.76. The van der Waals surface area contributed by atoms with Crippen LogP contribution < -0.4 is 4.43 Å². The maximum atomic E-state index is 6.22. The molecule has 0 saturated carbocycles. The highest BCUT2D eigenvalue weighted by Gasteiger charge is 2.22. The van der Waals surface area contributed by atoms with E-state index in [2.05, 4.69) is 63.5 Å². The van der Waals surface area contributed by atoms with Crippen LogP contribution in [0.1, 0.15) is 32.3 Å². The second-order valence-electron chi connectivity index (χ2n) is 7.03. The molecule has 0 spiro atoms. The van der Waals surface area contributed by atoms with E-state index in [0.29, 0.717) is 6.04 Å². The molecule has 1 heterocycles. The fraction of sp³-hybridized carbons (Fsp3) is 0.588. The summed E-state index contributed by atoms with van der Waals surface area (Å²) in [5, 5.41) is 0. The van der Waals surface area contributed by atoms with Crippen molar-refractivity contribution >= 4 is 19.8 Å². The predicted molar refractivity (Wildman–Crippen MR) is 93.3 cm³/mol. The van der Waals surface area contributed by atoms with E-state index in [4.69, 9.17) is 9.42 Å². The topological polar surface area (TPSA) is 24.8 Å². The normalized spacial score (nSPS) is 20.0. The van der Waals surface area contributed by atoms with E-state index in [1.54, 1.807) is 0 Å². The predicted octanol–water partition coefficient (Wildman–Crippen LogP) is 4.74. The van der Waals surface area contributed by atoms with Crippen LogP contribution in [0.5, 0.6) is 5.75 Å². The molecule has 1 aromatic carbocycles. The third kappa shape index (κ3) is 4.33. The summed E-state index contributed by atoms with van der Waals surface area (Å²) in [5.41, 5.74) is 2.18. The Kier molecular flexibility index (Phi) is 4.76. The van der Waals surface area contributed by atoms with Crippen LogP contribution in [-0.4, -0.2) is 31.6 Å². The van der Waals surface area contributed by atoms with E-state index in [1.165, 1.54) is 18.4 Å². The molecule has 1 saturated heterocycles. The van der Waals surface area contributed by atoms with Gasteiger partial charge in [0.05, 0.1) is 0 Å². The van der Waals surface area contributed by atoms with Gasteiger partial charge in [-0.1, -0.05) is 6.07 Å². The van der Waals surface area contributed by atoms with E-state index in [1.807, 2.05) is 0 Å². The molecule has 21 heavy (non-hydrogen) atoms. The molecule has 0 radical (unpaired) electrons. The molecule has 0 N–H and O–H groups in total. The van der Waals surface area contributed by atoms with E-state index in [-0.39, 0.29) is 0 Å². The summed E-state index contributed by atoms with van der Waals surface area (Å²) in [7, 11) is -1.63. The largest absolute Gasteiger partial charge is 0.543 e. The summed E-state index contributed by atoms with van der Waals surface area (Å²) in [6.07, 6.45) is 2.53. The first kappa shape index (κ1) is 16.1. The Morgan fingerprint density at radius 2 is 2.05 bits per heavy atom. The molecule has 1 fully saturated rings. The summed E-state index contributed by atoms with van der Waals surface area (Å²) in [5.74, 6) is 2.03. The van der Waals surface area contributed by atoms with Crippen LogP contribution in [0.2, 0.25) is 19.6 Å². The molecular weight excluding hydrogens is 276 g/mol. The molecule has 1 unspecified atom stereocenters. The van der Waals surface area contributed by atoms with Gasteiger partial charge in [-0.15, -0.1) is 0 Å². The van der Waals surface area contributed by atoms with E-state index < -0.39 is 8.32 Å². The minimum Gasteiger partial charge on any atom is -0.543 e. The molecule has 116 valence electrons. The van der Waals surface area contributed by atoms with Crippen LogP contribution in [0.25, 0.3) is 0 Å². The first-order valence-electron chi connectivity index (χ1n) is 7.88. The minimum absolute atomic E-state index is 0.598. The van der Waals surface area contributed by atoms with Crippen LogP contribution in [0.3, 0.4) is 0 Å². The van der Waals surface area contributed by atoms with Crippen LogP contribution in [0, 0.1) is 6.92 Å². The van der Waals surface area contributed by atoms with Crippen molar-refractivity contribution in [1.82, 2.24) is 4.90 Å². The van der Waals surface area contributed by atoms with Gasteiger partial charge in [-0.05, 0) is 71.0 Å². The van der Waals surface area contributed by atoms with Crippen molar-refractivity contribution in [3.8, 4) is 5.75 Å². The van der Waals surface area contributed by atoms with Crippen molar-refractivity contribution in [3.63, 3.8) is 0 Å². The lowest BCUT2D eigenvalue weighted by Crippen LogP contribution is -2.31. The average Bonchev–Trinajstić information content (AvgIpc) is 2.77. The first-order valence-corrected chi connectivity index (χ1v) is 11.3. The van der Waals surface area contributed by atoms with Crippen molar-refractivity contribution < 1.29 is 4.43 Å². The highest BCUT2D eigenvalue weighted by atomic mass is 28.4. The molecule has 0 bridgehead atoms. The zero-order valence-electron chi connectivity index (χ0n) is 14.2. The minimum atomic E-state index is -1.63. The Labute approximate surface area is 130 Å². The van der Waals surface area contributed by atoms with Crippen molar-refractivity contribution in [3.05, 3.63) is 23.8 Å². The van der Waals surface area contributed by atoms with Crippen molar-refractivity contribution in [1.29, 1.82) is 0 Å². The monoisotopic (exact) mass is 304 g/mol.